The standard InChI is InChI=1S/C31H32F3N5O/c32-31(33,34)28-19-27(39(38-28)26-16-7-9-21(17-26)20-35)30(40)37-25-15-8-12-23(18-25)29(22-10-3-1-4-11-22)36-24-13-5-2-6-14-24/h1,3-4,7-12,15-19,24,29,36H,2,5-6,13-14,20,35H2,(H,37,40). The van der Waals surface area contributed by atoms with Crippen LogP contribution in [0.1, 0.15) is 71.0 Å². The van der Waals surface area contributed by atoms with Gasteiger partial charge in [0.15, 0.2) is 5.69 Å². The van der Waals surface area contributed by atoms with Crippen LogP contribution in [0.2, 0.25) is 0 Å². The molecule has 1 aromatic heterocycles. The lowest BCUT2D eigenvalue weighted by molar-refractivity contribution is -0.141. The number of carbonyl (C=O) groups is 1. The van der Waals surface area contributed by atoms with E-state index >= 15 is 0 Å². The summed E-state index contributed by atoms with van der Waals surface area (Å²) in [6, 6.07) is 25.2. The topological polar surface area (TPSA) is 85.0 Å². The van der Waals surface area contributed by atoms with Crippen molar-refractivity contribution in [3.63, 3.8) is 0 Å². The number of nitrogens with two attached hydrogens (primary N) is 1. The number of hydrogen-bond acceptors (Lipinski definition) is 4. The highest BCUT2D eigenvalue weighted by Gasteiger charge is 2.36. The van der Waals surface area contributed by atoms with Crippen LogP contribution in [0.3, 0.4) is 0 Å². The number of nitrogens with one attached hydrogen (secondary N) is 2. The van der Waals surface area contributed by atoms with Gasteiger partial charge >= 0.3 is 6.18 Å². The Morgan fingerprint density at radius 1 is 0.925 bits per heavy atom. The third-order valence-corrected chi connectivity index (χ3v) is 7.24. The molecule has 0 bridgehead atoms. The second kappa shape index (κ2) is 12.1. The summed E-state index contributed by atoms with van der Waals surface area (Å²) in [6.45, 7) is 0.201. The number of halogens is 3. The molecule has 1 amide bonds. The number of aromatic nitrogens is 2. The smallest absolute Gasteiger partial charge is 0.326 e. The van der Waals surface area contributed by atoms with Crippen LogP contribution in [-0.2, 0) is 12.7 Å². The van der Waals surface area contributed by atoms with Crippen molar-refractivity contribution in [2.24, 2.45) is 5.73 Å². The second-order valence-corrected chi connectivity index (χ2v) is 10.1. The molecule has 5 rings (SSSR count). The van der Waals surface area contributed by atoms with E-state index in [9.17, 15) is 18.0 Å². The summed E-state index contributed by atoms with van der Waals surface area (Å²) in [5, 5.41) is 10.3. The van der Waals surface area contributed by atoms with Gasteiger partial charge in [0.1, 0.15) is 5.69 Å². The van der Waals surface area contributed by atoms with Crippen LogP contribution < -0.4 is 16.4 Å². The Kier molecular flexibility index (Phi) is 8.32. The van der Waals surface area contributed by atoms with E-state index in [4.69, 9.17) is 5.73 Å². The Labute approximate surface area is 231 Å². The van der Waals surface area contributed by atoms with Crippen LogP contribution in [0.4, 0.5) is 18.9 Å². The first kappa shape index (κ1) is 27.6. The van der Waals surface area contributed by atoms with Crippen LogP contribution in [0.25, 0.3) is 5.69 Å². The lowest BCUT2D eigenvalue weighted by Crippen LogP contribution is -2.35. The maximum atomic E-state index is 13.6. The Morgan fingerprint density at radius 2 is 1.65 bits per heavy atom. The largest absolute Gasteiger partial charge is 0.435 e. The fourth-order valence-electron chi connectivity index (χ4n) is 5.22. The molecule has 208 valence electrons. The monoisotopic (exact) mass is 547 g/mol. The third kappa shape index (κ3) is 6.43. The van der Waals surface area contributed by atoms with Crippen LogP contribution in [0.5, 0.6) is 0 Å². The fraction of sp³-hybridized carbons (Fsp3) is 0.290. The van der Waals surface area contributed by atoms with Gasteiger partial charge in [-0.3, -0.25) is 4.79 Å². The third-order valence-electron chi connectivity index (χ3n) is 7.24. The van der Waals surface area contributed by atoms with E-state index in [1.165, 1.54) is 19.3 Å². The maximum absolute atomic E-state index is 13.6. The second-order valence-electron chi connectivity index (χ2n) is 10.1. The van der Waals surface area contributed by atoms with Crippen molar-refractivity contribution in [2.75, 3.05) is 5.32 Å². The average Bonchev–Trinajstić information content (AvgIpc) is 3.44. The summed E-state index contributed by atoms with van der Waals surface area (Å²) < 4.78 is 41.8. The van der Waals surface area contributed by atoms with E-state index in [0.29, 0.717) is 23.0 Å². The molecule has 1 saturated carbocycles. The Morgan fingerprint density at radius 3 is 2.38 bits per heavy atom. The summed E-state index contributed by atoms with van der Waals surface area (Å²) in [7, 11) is 0. The quantitative estimate of drug-likeness (QED) is 0.232. The first-order valence-electron chi connectivity index (χ1n) is 13.5. The Hall–Kier alpha value is -3.95. The Balaban J connectivity index is 1.45. The van der Waals surface area contributed by atoms with E-state index < -0.39 is 17.8 Å². The molecular weight excluding hydrogens is 515 g/mol. The Bertz CT molecular complexity index is 1440. The highest BCUT2D eigenvalue weighted by molar-refractivity contribution is 6.03. The first-order chi connectivity index (χ1) is 19.3. The van der Waals surface area contributed by atoms with E-state index in [1.807, 2.05) is 36.4 Å². The molecule has 1 aliphatic rings. The number of amides is 1. The van der Waals surface area contributed by atoms with Crippen LogP contribution in [-0.4, -0.2) is 21.7 Å². The molecule has 6 nitrogen and oxygen atoms in total. The van der Waals surface area contributed by atoms with Crippen molar-refractivity contribution in [3.8, 4) is 5.69 Å². The zero-order valence-electron chi connectivity index (χ0n) is 22.0. The zero-order valence-corrected chi connectivity index (χ0v) is 22.0. The number of benzene rings is 3. The van der Waals surface area contributed by atoms with Gasteiger partial charge in [0.25, 0.3) is 5.91 Å². The summed E-state index contributed by atoms with van der Waals surface area (Å²) in [4.78, 5) is 13.4. The van der Waals surface area contributed by atoms with Gasteiger partial charge in [0, 0.05) is 24.3 Å². The van der Waals surface area contributed by atoms with Crippen molar-refractivity contribution >= 4 is 11.6 Å². The number of alkyl halides is 3. The number of nitrogens with zero attached hydrogens (tertiary/aromatic N) is 2. The highest BCUT2D eigenvalue weighted by Crippen LogP contribution is 2.31. The number of carbonyl (C=O) groups excluding carboxylic acids is 1. The molecule has 9 heteroatoms. The molecule has 4 N–H and O–H groups in total. The van der Waals surface area contributed by atoms with Gasteiger partial charge in [0.05, 0.1) is 11.7 Å². The fourth-order valence-corrected chi connectivity index (χ4v) is 5.22. The summed E-state index contributed by atoms with van der Waals surface area (Å²) in [5.74, 6) is -0.699. The lowest BCUT2D eigenvalue weighted by Gasteiger charge is -2.29. The minimum Gasteiger partial charge on any atom is -0.326 e. The first-order valence-corrected chi connectivity index (χ1v) is 13.5. The number of rotatable bonds is 8. The summed E-state index contributed by atoms with van der Waals surface area (Å²) in [6.07, 6.45) is 1.14. The van der Waals surface area contributed by atoms with E-state index in [0.717, 1.165) is 34.7 Å². The summed E-state index contributed by atoms with van der Waals surface area (Å²) >= 11 is 0. The molecule has 40 heavy (non-hydrogen) atoms. The molecule has 1 unspecified atom stereocenters. The molecule has 0 aliphatic heterocycles. The van der Waals surface area contributed by atoms with Crippen molar-refractivity contribution in [1.82, 2.24) is 15.1 Å². The molecule has 0 saturated heterocycles. The molecule has 1 aliphatic carbocycles. The highest BCUT2D eigenvalue weighted by atomic mass is 19.4. The van der Waals surface area contributed by atoms with Gasteiger partial charge < -0.3 is 16.4 Å². The molecule has 4 aromatic rings. The van der Waals surface area contributed by atoms with Gasteiger partial charge in [-0.1, -0.05) is 73.9 Å². The van der Waals surface area contributed by atoms with Gasteiger partial charge in [-0.25, -0.2) is 4.68 Å². The summed E-state index contributed by atoms with van der Waals surface area (Å²) in [5.41, 5.74) is 7.90. The van der Waals surface area contributed by atoms with E-state index in [2.05, 4.69) is 27.9 Å². The van der Waals surface area contributed by atoms with Crippen molar-refractivity contribution < 1.29 is 18.0 Å². The molecule has 0 radical (unpaired) electrons. The van der Waals surface area contributed by atoms with Gasteiger partial charge in [-0.2, -0.15) is 18.3 Å². The molecular formula is C31H32F3N5O. The molecule has 1 atom stereocenters. The lowest BCUT2D eigenvalue weighted by atomic mass is 9.92. The average molecular weight is 548 g/mol. The van der Waals surface area contributed by atoms with Crippen LogP contribution >= 0.6 is 0 Å². The van der Waals surface area contributed by atoms with E-state index in [-0.39, 0.29) is 18.3 Å². The molecule has 0 spiro atoms. The molecule has 3 aromatic carbocycles. The van der Waals surface area contributed by atoms with Crippen molar-refractivity contribution in [2.45, 2.75) is 56.9 Å². The molecule has 1 fully saturated rings. The van der Waals surface area contributed by atoms with Crippen molar-refractivity contribution in [3.05, 3.63) is 113 Å². The van der Waals surface area contributed by atoms with E-state index in [1.54, 1.807) is 30.3 Å². The maximum Gasteiger partial charge on any atom is 0.435 e. The minimum atomic E-state index is -4.71. The SMILES string of the molecule is NCc1cccc(-n2nc(C(F)(F)F)cc2C(=O)Nc2cccc(C(NC3CCCCC3)c3ccccc3)c2)c1. The predicted octanol–water partition coefficient (Wildman–Crippen LogP) is 6.61. The molecule has 1 heterocycles. The van der Waals surface area contributed by atoms with Crippen LogP contribution in [0, 0.1) is 0 Å². The number of anilines is 1. The van der Waals surface area contributed by atoms with Crippen molar-refractivity contribution in [1.29, 1.82) is 0 Å². The van der Waals surface area contributed by atoms with Gasteiger partial charge in [-0.15, -0.1) is 0 Å². The minimum absolute atomic E-state index is 0.0949. The van der Waals surface area contributed by atoms with Crippen LogP contribution in [0.15, 0.2) is 84.9 Å². The predicted molar refractivity (Wildman–Crippen MR) is 149 cm³/mol. The van der Waals surface area contributed by atoms with Gasteiger partial charge in [-0.05, 0) is 53.8 Å². The van der Waals surface area contributed by atoms with Gasteiger partial charge in [0.2, 0.25) is 0 Å². The normalized spacial score (nSPS) is 15.1. The number of hydrogen-bond donors (Lipinski definition) is 3. The zero-order chi connectivity index (χ0) is 28.1.